The van der Waals surface area contributed by atoms with E-state index in [2.05, 4.69) is 5.32 Å². The van der Waals surface area contributed by atoms with E-state index in [1.165, 1.54) is 44.9 Å². The fourth-order valence-electron chi connectivity index (χ4n) is 2.94. The van der Waals surface area contributed by atoms with Crippen LogP contribution in [0.3, 0.4) is 0 Å². The van der Waals surface area contributed by atoms with Crippen molar-refractivity contribution in [2.45, 2.75) is 56.7 Å². The summed E-state index contributed by atoms with van der Waals surface area (Å²) in [6, 6.07) is 0. The summed E-state index contributed by atoms with van der Waals surface area (Å²) in [6.45, 7) is 2.70. The Balaban J connectivity index is 1.80. The lowest BCUT2D eigenvalue weighted by Crippen LogP contribution is -2.45. The maximum absolute atomic E-state index is 6.21. The monoisotopic (exact) mass is 227 g/mol. The molecule has 0 spiro atoms. The Morgan fingerprint density at radius 2 is 2.06 bits per heavy atom. The lowest BCUT2D eigenvalue weighted by atomic mass is 9.84. The van der Waals surface area contributed by atoms with E-state index in [4.69, 9.17) is 9.47 Å². The van der Waals surface area contributed by atoms with Crippen LogP contribution in [0.1, 0.15) is 44.9 Å². The van der Waals surface area contributed by atoms with Crippen molar-refractivity contribution in [1.82, 2.24) is 5.32 Å². The van der Waals surface area contributed by atoms with Crippen LogP contribution in [0.15, 0.2) is 0 Å². The molecular formula is C13H25NO2. The fraction of sp³-hybridized carbons (Fsp3) is 1.00. The first-order valence-electron chi connectivity index (χ1n) is 6.75. The molecule has 2 rings (SSSR count). The Morgan fingerprint density at radius 3 is 2.69 bits per heavy atom. The molecule has 1 heterocycles. The van der Waals surface area contributed by atoms with Crippen LogP contribution in [0.25, 0.3) is 0 Å². The standard InChI is InChI=1S/C13H25NO2/c1-14-11-13(7-3-2-4-8-13)16-10-12-6-5-9-15-12/h12,14H,2-11H2,1H3. The lowest BCUT2D eigenvalue weighted by molar-refractivity contribution is -0.0995. The fourth-order valence-corrected chi connectivity index (χ4v) is 2.94. The van der Waals surface area contributed by atoms with Gasteiger partial charge in [-0.1, -0.05) is 19.3 Å². The van der Waals surface area contributed by atoms with Crippen molar-refractivity contribution in [3.8, 4) is 0 Å². The van der Waals surface area contributed by atoms with Gasteiger partial charge >= 0.3 is 0 Å². The van der Waals surface area contributed by atoms with Gasteiger partial charge in [-0.05, 0) is 32.7 Å². The number of hydrogen-bond acceptors (Lipinski definition) is 3. The minimum atomic E-state index is 0.0962. The Morgan fingerprint density at radius 1 is 1.25 bits per heavy atom. The van der Waals surface area contributed by atoms with Crippen LogP contribution in [-0.4, -0.2) is 38.5 Å². The summed E-state index contributed by atoms with van der Waals surface area (Å²) in [7, 11) is 2.02. The molecule has 3 heteroatoms. The highest BCUT2D eigenvalue weighted by Crippen LogP contribution is 2.31. The molecule has 2 aliphatic rings. The van der Waals surface area contributed by atoms with E-state index >= 15 is 0 Å². The van der Waals surface area contributed by atoms with Gasteiger partial charge in [-0.2, -0.15) is 0 Å². The predicted molar refractivity (Wildman–Crippen MR) is 64.7 cm³/mol. The Labute approximate surface area is 98.9 Å². The molecule has 2 fully saturated rings. The van der Waals surface area contributed by atoms with Crippen LogP contribution in [0.4, 0.5) is 0 Å². The highest BCUT2D eigenvalue weighted by atomic mass is 16.5. The number of likely N-dealkylation sites (N-methyl/N-ethyl adjacent to an activating group) is 1. The number of hydrogen-bond donors (Lipinski definition) is 1. The summed E-state index contributed by atoms with van der Waals surface area (Å²) in [6.07, 6.45) is 9.15. The molecule has 3 nitrogen and oxygen atoms in total. The Kier molecular flexibility index (Phi) is 4.62. The molecule has 1 atom stereocenters. The first-order chi connectivity index (χ1) is 7.85. The van der Waals surface area contributed by atoms with Crippen LogP contribution in [0.2, 0.25) is 0 Å². The Hall–Kier alpha value is -0.120. The van der Waals surface area contributed by atoms with Crippen LogP contribution in [0, 0.1) is 0 Å². The normalized spacial score (nSPS) is 29.4. The predicted octanol–water partition coefficient (Wildman–Crippen LogP) is 2.10. The second-order valence-electron chi connectivity index (χ2n) is 5.22. The minimum absolute atomic E-state index is 0.0962. The van der Waals surface area contributed by atoms with Gasteiger partial charge in [-0.25, -0.2) is 0 Å². The average molecular weight is 227 g/mol. The molecule has 16 heavy (non-hydrogen) atoms. The third kappa shape index (κ3) is 3.19. The van der Waals surface area contributed by atoms with Crippen molar-refractivity contribution in [1.29, 1.82) is 0 Å². The van der Waals surface area contributed by atoms with E-state index < -0.39 is 0 Å². The summed E-state index contributed by atoms with van der Waals surface area (Å²) >= 11 is 0. The second-order valence-corrected chi connectivity index (χ2v) is 5.22. The molecule has 1 saturated carbocycles. The van der Waals surface area contributed by atoms with E-state index in [0.717, 1.165) is 19.8 Å². The van der Waals surface area contributed by atoms with E-state index in [1.54, 1.807) is 0 Å². The first-order valence-corrected chi connectivity index (χ1v) is 6.75. The van der Waals surface area contributed by atoms with Gasteiger partial charge in [0, 0.05) is 13.2 Å². The zero-order valence-corrected chi connectivity index (χ0v) is 10.5. The second kappa shape index (κ2) is 5.99. The van der Waals surface area contributed by atoms with Gasteiger partial charge in [-0.3, -0.25) is 0 Å². The van der Waals surface area contributed by atoms with Crippen molar-refractivity contribution < 1.29 is 9.47 Å². The van der Waals surface area contributed by atoms with Crippen molar-refractivity contribution in [2.75, 3.05) is 26.8 Å². The maximum atomic E-state index is 6.21. The molecule has 0 radical (unpaired) electrons. The van der Waals surface area contributed by atoms with Crippen molar-refractivity contribution in [3.63, 3.8) is 0 Å². The highest BCUT2D eigenvalue weighted by Gasteiger charge is 2.33. The van der Waals surface area contributed by atoms with E-state index in [9.17, 15) is 0 Å². The zero-order valence-electron chi connectivity index (χ0n) is 10.5. The number of rotatable bonds is 5. The van der Waals surface area contributed by atoms with Gasteiger partial charge < -0.3 is 14.8 Å². The van der Waals surface area contributed by atoms with Gasteiger partial charge in [0.25, 0.3) is 0 Å². The summed E-state index contributed by atoms with van der Waals surface area (Å²) < 4.78 is 11.8. The Bertz CT molecular complexity index is 191. The third-order valence-corrected chi connectivity index (χ3v) is 3.86. The SMILES string of the molecule is CNCC1(OCC2CCCO2)CCCCC1. The van der Waals surface area contributed by atoms with E-state index in [-0.39, 0.29) is 5.60 Å². The molecule has 1 N–H and O–H groups in total. The molecule has 1 saturated heterocycles. The van der Waals surface area contributed by atoms with E-state index in [1.807, 2.05) is 7.05 Å². The average Bonchev–Trinajstić information content (AvgIpc) is 2.81. The zero-order chi connectivity index (χ0) is 11.3. The van der Waals surface area contributed by atoms with Crippen LogP contribution >= 0.6 is 0 Å². The maximum Gasteiger partial charge on any atom is 0.0809 e. The summed E-state index contributed by atoms with van der Waals surface area (Å²) in [5, 5.41) is 3.29. The largest absolute Gasteiger partial charge is 0.376 e. The third-order valence-electron chi connectivity index (χ3n) is 3.86. The molecule has 1 unspecified atom stereocenters. The van der Waals surface area contributed by atoms with Gasteiger partial charge in [-0.15, -0.1) is 0 Å². The lowest BCUT2D eigenvalue weighted by Gasteiger charge is -2.37. The molecule has 94 valence electrons. The summed E-state index contributed by atoms with van der Waals surface area (Å²) in [4.78, 5) is 0. The number of ether oxygens (including phenoxy) is 2. The highest BCUT2D eigenvalue weighted by molar-refractivity contribution is 4.86. The van der Waals surface area contributed by atoms with E-state index in [0.29, 0.717) is 6.10 Å². The smallest absolute Gasteiger partial charge is 0.0809 e. The minimum Gasteiger partial charge on any atom is -0.376 e. The molecule has 1 aliphatic heterocycles. The quantitative estimate of drug-likeness (QED) is 0.780. The molecule has 0 amide bonds. The van der Waals surface area contributed by atoms with Crippen molar-refractivity contribution >= 4 is 0 Å². The molecule has 1 aliphatic carbocycles. The van der Waals surface area contributed by atoms with Gasteiger partial charge in [0.15, 0.2) is 0 Å². The van der Waals surface area contributed by atoms with Crippen LogP contribution < -0.4 is 5.32 Å². The van der Waals surface area contributed by atoms with Crippen LogP contribution in [-0.2, 0) is 9.47 Å². The molecule has 0 aromatic carbocycles. The molecular weight excluding hydrogens is 202 g/mol. The summed E-state index contributed by atoms with van der Waals surface area (Å²) in [5.41, 5.74) is 0.0962. The molecule has 0 bridgehead atoms. The van der Waals surface area contributed by atoms with Gasteiger partial charge in [0.2, 0.25) is 0 Å². The number of nitrogens with one attached hydrogen (secondary N) is 1. The molecule has 0 aromatic rings. The van der Waals surface area contributed by atoms with Gasteiger partial charge in [0.05, 0.1) is 18.3 Å². The first kappa shape index (κ1) is 12.3. The van der Waals surface area contributed by atoms with Gasteiger partial charge in [0.1, 0.15) is 0 Å². The van der Waals surface area contributed by atoms with Crippen molar-refractivity contribution in [2.24, 2.45) is 0 Å². The van der Waals surface area contributed by atoms with Crippen LogP contribution in [0.5, 0.6) is 0 Å². The topological polar surface area (TPSA) is 30.5 Å². The van der Waals surface area contributed by atoms with Crippen molar-refractivity contribution in [3.05, 3.63) is 0 Å². The molecule has 0 aromatic heterocycles. The summed E-state index contributed by atoms with van der Waals surface area (Å²) in [5.74, 6) is 0.